The van der Waals surface area contributed by atoms with Gasteiger partial charge in [-0.25, -0.2) is 4.57 Å². The Labute approximate surface area is 193 Å². The van der Waals surface area contributed by atoms with Gasteiger partial charge in [0, 0.05) is 0 Å². The SMILES string of the molecule is [2H]C([2H])([2H])[N+](CCOP(=O)(O)OCCCCCCCC/C=C/CCCCCCCC)(C([2H])([2H])[2H])C([2H])([2H])[2H]. The van der Waals surface area contributed by atoms with Crippen molar-refractivity contribution in [2.75, 3.05) is 40.7 Å². The first kappa shape index (κ1) is 16.4. The number of nitrogens with zero attached hydrogens (tertiary/aromatic N) is 1. The van der Waals surface area contributed by atoms with Gasteiger partial charge in [-0.2, -0.15) is 0 Å². The Morgan fingerprint density at radius 3 is 1.83 bits per heavy atom. The molecule has 0 amide bonds. The lowest BCUT2D eigenvalue weighted by atomic mass is 10.1. The lowest BCUT2D eigenvalue weighted by Gasteiger charge is -2.24. The molecule has 0 aromatic carbocycles. The zero-order chi connectivity index (χ0) is 29.3. The summed E-state index contributed by atoms with van der Waals surface area (Å²) in [6.45, 7) is -10.1. The van der Waals surface area contributed by atoms with Crippen LogP contribution in [0.4, 0.5) is 0 Å². The van der Waals surface area contributed by atoms with Crippen LogP contribution in [0.3, 0.4) is 0 Å². The molecule has 0 saturated carbocycles. The molecule has 0 rings (SSSR count). The summed E-state index contributed by atoms with van der Waals surface area (Å²) >= 11 is 0. The molecule has 0 aromatic rings. The molecule has 174 valence electrons. The van der Waals surface area contributed by atoms with Crippen molar-refractivity contribution >= 4 is 7.82 Å². The van der Waals surface area contributed by atoms with E-state index in [0.29, 0.717) is 6.42 Å². The Morgan fingerprint density at radius 2 is 1.28 bits per heavy atom. The van der Waals surface area contributed by atoms with E-state index in [0.717, 1.165) is 44.9 Å². The van der Waals surface area contributed by atoms with E-state index < -0.39 is 46.4 Å². The Balaban J connectivity index is 4.10. The molecule has 1 unspecified atom stereocenters. The largest absolute Gasteiger partial charge is 0.472 e. The van der Waals surface area contributed by atoms with Crippen molar-refractivity contribution in [3.05, 3.63) is 12.2 Å². The van der Waals surface area contributed by atoms with Gasteiger partial charge in [0.1, 0.15) is 13.2 Å². The third kappa shape index (κ3) is 24.0. The van der Waals surface area contributed by atoms with Gasteiger partial charge in [0.15, 0.2) is 0 Å². The number of quaternary nitrogens is 1. The number of hydrogen-bond acceptors (Lipinski definition) is 3. The average Bonchev–Trinajstić information content (AvgIpc) is 2.76. The molecule has 0 aliphatic carbocycles. The normalized spacial score (nSPS) is 20.4. The highest BCUT2D eigenvalue weighted by molar-refractivity contribution is 7.47. The van der Waals surface area contributed by atoms with Crippen molar-refractivity contribution in [1.82, 2.24) is 0 Å². The van der Waals surface area contributed by atoms with E-state index in [4.69, 9.17) is 21.4 Å². The van der Waals surface area contributed by atoms with Gasteiger partial charge in [-0.05, 0) is 32.1 Å². The molecule has 0 aliphatic rings. The van der Waals surface area contributed by atoms with Gasteiger partial charge < -0.3 is 9.38 Å². The minimum Gasteiger partial charge on any atom is -0.329 e. The van der Waals surface area contributed by atoms with Gasteiger partial charge in [0.05, 0.1) is 39.9 Å². The molecule has 0 aliphatic heterocycles. The van der Waals surface area contributed by atoms with Crippen LogP contribution in [0.25, 0.3) is 0 Å². The predicted octanol–water partition coefficient (Wildman–Crippen LogP) is 6.86. The van der Waals surface area contributed by atoms with E-state index in [1.165, 1.54) is 38.5 Å². The fourth-order valence-corrected chi connectivity index (χ4v) is 3.61. The highest BCUT2D eigenvalue weighted by Crippen LogP contribution is 2.43. The molecular formula is C23H49NO4P+. The van der Waals surface area contributed by atoms with E-state index in [2.05, 4.69) is 19.1 Å². The molecule has 6 heteroatoms. The van der Waals surface area contributed by atoms with Crippen LogP contribution in [0.2, 0.25) is 0 Å². The Bertz CT molecular complexity index is 662. The van der Waals surface area contributed by atoms with Gasteiger partial charge in [0.25, 0.3) is 0 Å². The molecule has 0 bridgehead atoms. The van der Waals surface area contributed by atoms with Crippen LogP contribution < -0.4 is 0 Å². The minimum absolute atomic E-state index is 0.0627. The fourth-order valence-electron chi connectivity index (χ4n) is 2.86. The van der Waals surface area contributed by atoms with Crippen molar-refractivity contribution in [2.45, 2.75) is 96.8 Å². The lowest BCUT2D eigenvalue weighted by molar-refractivity contribution is -0.870. The summed E-state index contributed by atoms with van der Waals surface area (Å²) in [7, 11) is -4.59. The second kappa shape index (κ2) is 18.6. The number of rotatable bonds is 21. The summed E-state index contributed by atoms with van der Waals surface area (Å²) in [6, 6.07) is 0. The quantitative estimate of drug-likeness (QED) is 0.0910. The molecule has 1 atom stereocenters. The van der Waals surface area contributed by atoms with E-state index in [9.17, 15) is 9.46 Å². The number of allylic oxidation sites excluding steroid dienone is 2. The molecule has 0 aromatic heterocycles. The summed E-state index contributed by atoms with van der Waals surface area (Å²) < 4.78 is 87.2. The van der Waals surface area contributed by atoms with Crippen LogP contribution in [0.1, 0.15) is 109 Å². The second-order valence-electron chi connectivity index (χ2n) is 7.61. The Morgan fingerprint density at radius 1 is 0.793 bits per heavy atom. The summed E-state index contributed by atoms with van der Waals surface area (Å²) in [5.41, 5.74) is 0. The maximum absolute atomic E-state index is 12.1. The molecule has 0 fully saturated rings. The highest BCUT2D eigenvalue weighted by atomic mass is 31.2. The van der Waals surface area contributed by atoms with Crippen molar-refractivity contribution in [1.29, 1.82) is 0 Å². The zero-order valence-corrected chi connectivity index (χ0v) is 19.1. The molecule has 1 N–H and O–H groups in total. The number of hydrogen-bond donors (Lipinski definition) is 1. The zero-order valence-electron chi connectivity index (χ0n) is 27.2. The molecule has 0 saturated heterocycles. The molecule has 0 heterocycles. The molecule has 5 nitrogen and oxygen atoms in total. The number of unbranched alkanes of at least 4 members (excludes halogenated alkanes) is 12. The Kier molecular flexibility index (Phi) is 10.5. The smallest absolute Gasteiger partial charge is 0.329 e. The van der Waals surface area contributed by atoms with Crippen LogP contribution in [0, 0.1) is 0 Å². The first-order valence-electron chi connectivity index (χ1n) is 15.7. The van der Waals surface area contributed by atoms with E-state index >= 15 is 0 Å². The Hall–Kier alpha value is -0.190. The third-order valence-electron chi connectivity index (χ3n) is 4.59. The third-order valence-corrected chi connectivity index (χ3v) is 5.61. The maximum Gasteiger partial charge on any atom is 0.472 e. The van der Waals surface area contributed by atoms with Gasteiger partial charge in [0.2, 0.25) is 0 Å². The topological polar surface area (TPSA) is 55.8 Å². The molecule has 0 spiro atoms. The van der Waals surface area contributed by atoms with Crippen LogP contribution >= 0.6 is 7.82 Å². The van der Waals surface area contributed by atoms with Gasteiger partial charge in [-0.3, -0.25) is 9.05 Å². The van der Waals surface area contributed by atoms with Crippen LogP contribution in [-0.4, -0.2) is 50.1 Å². The van der Waals surface area contributed by atoms with Crippen LogP contribution in [-0.2, 0) is 13.6 Å². The number of likely N-dealkylation sites (N-methyl/N-ethyl adjacent to an activating group) is 1. The van der Waals surface area contributed by atoms with Crippen molar-refractivity contribution in [3.8, 4) is 0 Å². The van der Waals surface area contributed by atoms with E-state index in [-0.39, 0.29) is 6.61 Å². The second-order valence-corrected chi connectivity index (χ2v) is 9.06. The average molecular weight is 444 g/mol. The monoisotopic (exact) mass is 443 g/mol. The van der Waals surface area contributed by atoms with Crippen LogP contribution in [0.15, 0.2) is 12.2 Å². The molecule has 0 radical (unpaired) electrons. The lowest BCUT2D eigenvalue weighted by Crippen LogP contribution is -2.37. The maximum atomic E-state index is 12.1. The summed E-state index contributed by atoms with van der Waals surface area (Å²) in [4.78, 5) is 9.82. The van der Waals surface area contributed by atoms with Gasteiger partial charge >= 0.3 is 7.82 Å². The number of phosphoric ester groups is 1. The van der Waals surface area contributed by atoms with Crippen molar-refractivity contribution in [3.63, 3.8) is 0 Å². The first-order chi connectivity index (χ1) is 17.5. The van der Waals surface area contributed by atoms with E-state index in [1.807, 2.05) is 0 Å². The highest BCUT2D eigenvalue weighted by Gasteiger charge is 2.21. The van der Waals surface area contributed by atoms with Crippen molar-refractivity contribution < 1.29 is 35.3 Å². The number of phosphoric acid groups is 1. The van der Waals surface area contributed by atoms with E-state index in [1.54, 1.807) is 0 Å². The molecule has 29 heavy (non-hydrogen) atoms. The predicted molar refractivity (Wildman–Crippen MR) is 124 cm³/mol. The fraction of sp³-hybridized carbons (Fsp3) is 0.913. The summed E-state index contributed by atoms with van der Waals surface area (Å²) in [5, 5.41) is 0. The molecular weight excluding hydrogens is 385 g/mol. The van der Waals surface area contributed by atoms with Crippen LogP contribution in [0.5, 0.6) is 0 Å². The van der Waals surface area contributed by atoms with Crippen molar-refractivity contribution in [2.24, 2.45) is 0 Å². The van der Waals surface area contributed by atoms with Gasteiger partial charge in [-0.15, -0.1) is 0 Å². The van der Waals surface area contributed by atoms with Gasteiger partial charge in [-0.1, -0.05) is 76.9 Å². The first-order valence-corrected chi connectivity index (χ1v) is 12.7. The standard InChI is InChI=1S/C23H48NO4P/c1-5-6-7-8-9-10-11-12-13-14-15-16-17-18-19-20-22-27-29(25,26)28-23-21-24(2,3)4/h12-13H,5-11,14-23H2,1-4H3/p+1/b13-12+/i2D3,3D3,4D3. The summed E-state index contributed by atoms with van der Waals surface area (Å²) in [5.74, 6) is 0. The summed E-state index contributed by atoms with van der Waals surface area (Å²) in [6.07, 6.45) is 20.2. The minimum atomic E-state index is -4.59.